The molecule has 0 saturated carbocycles. The van der Waals surface area contributed by atoms with E-state index in [0.29, 0.717) is 6.04 Å². The van der Waals surface area contributed by atoms with Gasteiger partial charge in [0.2, 0.25) is 0 Å². The van der Waals surface area contributed by atoms with Gasteiger partial charge in [-0.25, -0.2) is 0 Å². The first-order valence-corrected chi connectivity index (χ1v) is 7.44. The van der Waals surface area contributed by atoms with Crippen LogP contribution in [0.5, 0.6) is 0 Å². The quantitative estimate of drug-likeness (QED) is 0.729. The number of hydrogen-bond acceptors (Lipinski definition) is 1. The second kappa shape index (κ2) is 8.58. The Morgan fingerprint density at radius 3 is 2.83 bits per heavy atom. The van der Waals surface area contributed by atoms with Crippen LogP contribution in [-0.2, 0) is 0 Å². The Bertz CT molecular complexity index is 434. The molecule has 1 atom stereocenters. The summed E-state index contributed by atoms with van der Waals surface area (Å²) in [6, 6.07) is 6.46. The summed E-state index contributed by atoms with van der Waals surface area (Å²) in [6.45, 7) is 5.07. The second-order valence-corrected chi connectivity index (χ2v) is 5.41. The van der Waals surface area contributed by atoms with Gasteiger partial charge in [-0.1, -0.05) is 24.6 Å². The first kappa shape index (κ1) is 15.6. The topological polar surface area (TPSA) is 12.0 Å². The van der Waals surface area contributed by atoms with Crippen LogP contribution in [0, 0.1) is 11.8 Å². The molecule has 0 aliphatic carbocycles. The molecule has 0 saturated heterocycles. The maximum atomic E-state index is 6.03. The summed E-state index contributed by atoms with van der Waals surface area (Å²) >= 11 is 9.50. The van der Waals surface area contributed by atoms with Crippen molar-refractivity contribution in [1.82, 2.24) is 5.32 Å². The molecule has 0 spiro atoms. The number of hydrogen-bond donors (Lipinski definition) is 1. The number of halogens is 2. The van der Waals surface area contributed by atoms with Crippen molar-refractivity contribution in [3.63, 3.8) is 0 Å². The molecule has 1 aromatic carbocycles. The highest BCUT2D eigenvalue weighted by atomic mass is 79.9. The van der Waals surface area contributed by atoms with Gasteiger partial charge >= 0.3 is 0 Å². The summed E-state index contributed by atoms with van der Waals surface area (Å²) in [7, 11) is 0. The fraction of sp³-hybridized carbons (Fsp3) is 0.467. The number of nitrogens with one attached hydrogen (secondary N) is 1. The van der Waals surface area contributed by atoms with Gasteiger partial charge in [-0.2, -0.15) is 0 Å². The first-order valence-electron chi connectivity index (χ1n) is 6.27. The van der Waals surface area contributed by atoms with E-state index in [-0.39, 0.29) is 0 Å². The van der Waals surface area contributed by atoms with Gasteiger partial charge in [-0.15, -0.1) is 11.8 Å². The predicted molar refractivity (Wildman–Crippen MR) is 82.9 cm³/mol. The van der Waals surface area contributed by atoms with Crippen LogP contribution in [0.15, 0.2) is 22.7 Å². The van der Waals surface area contributed by atoms with Gasteiger partial charge in [0.1, 0.15) is 0 Å². The minimum absolute atomic E-state index is 0.347. The van der Waals surface area contributed by atoms with E-state index in [2.05, 4.69) is 52.1 Å². The van der Waals surface area contributed by atoms with Crippen molar-refractivity contribution in [3.05, 3.63) is 33.3 Å². The Morgan fingerprint density at radius 2 is 2.22 bits per heavy atom. The molecular formula is C15H19BrClN. The summed E-state index contributed by atoms with van der Waals surface area (Å²) in [5.41, 5.74) is 1.26. The standard InChI is InChI=1S/C15H19BrClN/c1-3-5-6-7-15(18-10-4-2)12-8-9-14(17)13(16)11-12/h8-9,11,15,18H,4,6-7,10H2,1-2H3. The smallest absolute Gasteiger partial charge is 0.0548 e. The van der Waals surface area contributed by atoms with Gasteiger partial charge in [0.15, 0.2) is 0 Å². The van der Waals surface area contributed by atoms with Crippen LogP contribution in [0.1, 0.15) is 44.7 Å². The van der Waals surface area contributed by atoms with E-state index in [9.17, 15) is 0 Å². The molecule has 1 nitrogen and oxygen atoms in total. The molecule has 0 fully saturated rings. The highest BCUT2D eigenvalue weighted by molar-refractivity contribution is 9.10. The van der Waals surface area contributed by atoms with Crippen molar-refractivity contribution in [2.24, 2.45) is 0 Å². The Hall–Kier alpha value is -0.490. The first-order chi connectivity index (χ1) is 8.69. The lowest BCUT2D eigenvalue weighted by atomic mass is 10.0. The summed E-state index contributed by atoms with van der Waals surface area (Å²) < 4.78 is 0.951. The lowest BCUT2D eigenvalue weighted by Crippen LogP contribution is -2.22. The van der Waals surface area contributed by atoms with Gasteiger partial charge in [0.25, 0.3) is 0 Å². The van der Waals surface area contributed by atoms with E-state index < -0.39 is 0 Å². The van der Waals surface area contributed by atoms with Crippen molar-refractivity contribution in [1.29, 1.82) is 0 Å². The van der Waals surface area contributed by atoms with E-state index in [0.717, 1.165) is 35.3 Å². The molecule has 1 aromatic rings. The average molecular weight is 329 g/mol. The molecule has 1 N–H and O–H groups in total. The second-order valence-electron chi connectivity index (χ2n) is 4.15. The Morgan fingerprint density at radius 1 is 1.44 bits per heavy atom. The van der Waals surface area contributed by atoms with Gasteiger partial charge in [0, 0.05) is 16.9 Å². The van der Waals surface area contributed by atoms with E-state index in [4.69, 9.17) is 11.6 Å². The van der Waals surface area contributed by atoms with Crippen molar-refractivity contribution >= 4 is 27.5 Å². The summed E-state index contributed by atoms with van der Waals surface area (Å²) in [4.78, 5) is 0. The highest BCUT2D eigenvalue weighted by Crippen LogP contribution is 2.27. The zero-order chi connectivity index (χ0) is 13.4. The Labute approximate surface area is 123 Å². The van der Waals surface area contributed by atoms with Crippen molar-refractivity contribution in [2.45, 2.75) is 39.2 Å². The predicted octanol–water partition coefficient (Wildman–Crippen LogP) is 4.95. The molecule has 1 unspecified atom stereocenters. The van der Waals surface area contributed by atoms with Crippen LogP contribution < -0.4 is 5.32 Å². The van der Waals surface area contributed by atoms with Gasteiger partial charge < -0.3 is 5.32 Å². The molecule has 0 heterocycles. The molecule has 98 valence electrons. The fourth-order valence-electron chi connectivity index (χ4n) is 1.78. The third-order valence-corrected chi connectivity index (χ3v) is 3.94. The third kappa shape index (κ3) is 5.02. The van der Waals surface area contributed by atoms with Crippen LogP contribution in [0.4, 0.5) is 0 Å². The number of rotatable bonds is 6. The minimum atomic E-state index is 0.347. The lowest BCUT2D eigenvalue weighted by Gasteiger charge is -2.18. The van der Waals surface area contributed by atoms with Crippen LogP contribution in [-0.4, -0.2) is 6.54 Å². The maximum absolute atomic E-state index is 6.03. The molecule has 0 aliphatic heterocycles. The van der Waals surface area contributed by atoms with Gasteiger partial charge in [-0.3, -0.25) is 0 Å². The van der Waals surface area contributed by atoms with Crippen molar-refractivity contribution in [3.8, 4) is 11.8 Å². The molecule has 0 amide bonds. The van der Waals surface area contributed by atoms with Gasteiger partial charge in [-0.05, 0) is 59.9 Å². The fourth-order valence-corrected chi connectivity index (χ4v) is 2.29. The summed E-state index contributed by atoms with van der Waals surface area (Å²) in [6.07, 6.45) is 3.07. The van der Waals surface area contributed by atoms with Crippen molar-refractivity contribution in [2.75, 3.05) is 6.54 Å². The number of benzene rings is 1. The van der Waals surface area contributed by atoms with Crippen LogP contribution in [0.3, 0.4) is 0 Å². The van der Waals surface area contributed by atoms with E-state index in [1.807, 2.05) is 13.0 Å². The highest BCUT2D eigenvalue weighted by Gasteiger charge is 2.11. The zero-order valence-corrected chi connectivity index (χ0v) is 13.2. The molecule has 3 heteroatoms. The molecule has 1 rings (SSSR count). The molecule has 18 heavy (non-hydrogen) atoms. The van der Waals surface area contributed by atoms with E-state index in [1.54, 1.807) is 0 Å². The summed E-state index contributed by atoms with van der Waals surface area (Å²) in [5.74, 6) is 6.07. The lowest BCUT2D eigenvalue weighted by molar-refractivity contribution is 0.505. The van der Waals surface area contributed by atoms with E-state index in [1.165, 1.54) is 5.56 Å². The van der Waals surface area contributed by atoms with Crippen molar-refractivity contribution < 1.29 is 0 Å². The van der Waals surface area contributed by atoms with Gasteiger partial charge in [0.05, 0.1) is 5.02 Å². The minimum Gasteiger partial charge on any atom is -0.310 e. The zero-order valence-electron chi connectivity index (χ0n) is 10.9. The monoisotopic (exact) mass is 327 g/mol. The molecule has 0 aromatic heterocycles. The largest absolute Gasteiger partial charge is 0.310 e. The molecule has 0 aliphatic rings. The average Bonchev–Trinajstić information content (AvgIpc) is 2.37. The van der Waals surface area contributed by atoms with Crippen LogP contribution >= 0.6 is 27.5 Å². The van der Waals surface area contributed by atoms with Crippen LogP contribution in [0.25, 0.3) is 0 Å². The molecule has 0 bridgehead atoms. The maximum Gasteiger partial charge on any atom is 0.0548 e. The Kier molecular flexibility index (Phi) is 7.42. The molecule has 0 radical (unpaired) electrons. The van der Waals surface area contributed by atoms with Crippen LogP contribution in [0.2, 0.25) is 5.02 Å². The Balaban J connectivity index is 2.78. The third-order valence-electron chi connectivity index (χ3n) is 2.72. The van der Waals surface area contributed by atoms with E-state index >= 15 is 0 Å². The SMILES string of the molecule is CC#CCCC(NCCC)c1ccc(Cl)c(Br)c1. The normalized spacial score (nSPS) is 11.8. The summed E-state index contributed by atoms with van der Waals surface area (Å²) in [5, 5.41) is 4.31. The molecular weight excluding hydrogens is 310 g/mol.